The first kappa shape index (κ1) is 17.6. The predicted octanol–water partition coefficient (Wildman–Crippen LogP) is -1.21. The van der Waals surface area contributed by atoms with Crippen molar-refractivity contribution in [3.8, 4) is 0 Å². The van der Waals surface area contributed by atoms with Gasteiger partial charge in [0.2, 0.25) is 0 Å². The van der Waals surface area contributed by atoms with Crippen LogP contribution in [0.2, 0.25) is 0 Å². The molecule has 4 N–H and O–H groups in total. The number of aliphatic hydroxyl groups is 3. The molecule has 1 aromatic carbocycles. The number of hydrogen-bond acceptors (Lipinski definition) is 8. The summed E-state index contributed by atoms with van der Waals surface area (Å²) in [6, 6.07) is 4.38. The number of amides is 1. The van der Waals surface area contributed by atoms with Crippen LogP contribution in [-0.2, 0) is 9.53 Å². The average molecular weight is 369 g/mol. The molecule has 0 aromatic heterocycles. The highest BCUT2D eigenvalue weighted by Crippen LogP contribution is 2.35. The highest BCUT2D eigenvalue weighted by atomic mass is 32.1. The average Bonchev–Trinajstić information content (AvgIpc) is 3.03. The molecule has 0 aliphatic carbocycles. The second-order valence-electron chi connectivity index (χ2n) is 5.69. The van der Waals surface area contributed by atoms with Crippen LogP contribution in [0.25, 0.3) is 0 Å². The standard InChI is InChI=1S/C14H15N3O7S/c18-5-8-10(19)11(20)13(24-8)16-9(12(21)15-14(16)25)6-2-1-3-7(4-6)17(22)23/h1-4,8-11,13,18-20H,5H2,(H,15,21,25)/t8-,9?,10-,11-,13-/m1/s1. The van der Waals surface area contributed by atoms with Crippen molar-refractivity contribution in [2.45, 2.75) is 30.6 Å². The van der Waals surface area contributed by atoms with Crippen LogP contribution in [0.3, 0.4) is 0 Å². The molecule has 2 fully saturated rings. The van der Waals surface area contributed by atoms with Crippen molar-refractivity contribution in [2.75, 3.05) is 6.61 Å². The number of nitrogens with zero attached hydrogens (tertiary/aromatic N) is 2. The molecule has 10 nitrogen and oxygen atoms in total. The fourth-order valence-electron chi connectivity index (χ4n) is 2.97. The summed E-state index contributed by atoms with van der Waals surface area (Å²) in [6.07, 6.45) is -5.02. The molecule has 0 spiro atoms. The van der Waals surface area contributed by atoms with E-state index in [2.05, 4.69) is 5.32 Å². The smallest absolute Gasteiger partial charge is 0.269 e. The van der Waals surface area contributed by atoms with Crippen molar-refractivity contribution in [1.82, 2.24) is 10.2 Å². The molecule has 2 aliphatic heterocycles. The Bertz CT molecular complexity index is 730. The minimum Gasteiger partial charge on any atom is -0.394 e. The van der Waals surface area contributed by atoms with Gasteiger partial charge in [-0.3, -0.25) is 14.9 Å². The second-order valence-corrected chi connectivity index (χ2v) is 6.07. The van der Waals surface area contributed by atoms with Crippen molar-refractivity contribution in [3.05, 3.63) is 39.9 Å². The third kappa shape index (κ3) is 2.96. The molecule has 134 valence electrons. The Kier molecular flexibility index (Phi) is 4.67. The number of nitro benzene ring substituents is 1. The first-order chi connectivity index (χ1) is 11.8. The molecule has 25 heavy (non-hydrogen) atoms. The van der Waals surface area contributed by atoms with Gasteiger partial charge in [-0.05, 0) is 17.8 Å². The molecule has 0 bridgehead atoms. The van der Waals surface area contributed by atoms with E-state index in [0.29, 0.717) is 0 Å². The van der Waals surface area contributed by atoms with Crippen LogP contribution >= 0.6 is 12.2 Å². The lowest BCUT2D eigenvalue weighted by atomic mass is 10.0. The van der Waals surface area contributed by atoms with Crippen LogP contribution in [0.1, 0.15) is 11.6 Å². The Balaban J connectivity index is 1.97. The molecule has 1 aromatic rings. The zero-order chi connectivity index (χ0) is 18.3. The number of non-ortho nitro benzene ring substituents is 1. The zero-order valence-corrected chi connectivity index (χ0v) is 13.5. The summed E-state index contributed by atoms with van der Waals surface area (Å²) in [6.45, 7) is -0.530. The summed E-state index contributed by atoms with van der Waals surface area (Å²) in [5.41, 5.74) is 0.0773. The van der Waals surface area contributed by atoms with E-state index in [1.165, 1.54) is 29.2 Å². The van der Waals surface area contributed by atoms with E-state index in [4.69, 9.17) is 17.0 Å². The lowest BCUT2D eigenvalue weighted by Crippen LogP contribution is -2.46. The topological polar surface area (TPSA) is 145 Å². The Morgan fingerprint density at radius 3 is 2.68 bits per heavy atom. The summed E-state index contributed by atoms with van der Waals surface area (Å²) in [7, 11) is 0. The number of nitrogens with one attached hydrogen (secondary N) is 1. The van der Waals surface area contributed by atoms with E-state index in [1.54, 1.807) is 0 Å². The molecule has 3 rings (SSSR count). The number of carbonyl (C=O) groups is 1. The van der Waals surface area contributed by atoms with Crippen molar-refractivity contribution in [2.24, 2.45) is 0 Å². The van der Waals surface area contributed by atoms with Gasteiger partial charge in [0.05, 0.1) is 11.5 Å². The zero-order valence-electron chi connectivity index (χ0n) is 12.7. The minimum absolute atomic E-state index is 0.0451. The quantitative estimate of drug-likeness (QED) is 0.292. The van der Waals surface area contributed by atoms with Crippen LogP contribution in [0, 0.1) is 10.1 Å². The van der Waals surface area contributed by atoms with Gasteiger partial charge in [-0.25, -0.2) is 0 Å². The SMILES string of the molecule is O=C1NC(=S)N([C@@H]2O[C@H](CO)[C@@H](O)[C@H]2O)C1c1cccc([N+](=O)[O-])c1. The first-order valence-corrected chi connectivity index (χ1v) is 7.76. The Morgan fingerprint density at radius 2 is 2.08 bits per heavy atom. The highest BCUT2D eigenvalue weighted by Gasteiger charge is 2.51. The Hall–Kier alpha value is -2.18. The lowest BCUT2D eigenvalue weighted by molar-refractivity contribution is -0.384. The maximum atomic E-state index is 12.3. The van der Waals surface area contributed by atoms with Gasteiger partial charge in [-0.2, -0.15) is 0 Å². The predicted molar refractivity (Wildman–Crippen MR) is 86.2 cm³/mol. The van der Waals surface area contributed by atoms with Crippen LogP contribution in [0.15, 0.2) is 24.3 Å². The van der Waals surface area contributed by atoms with Gasteiger partial charge in [-0.15, -0.1) is 0 Å². The number of benzene rings is 1. The van der Waals surface area contributed by atoms with Crippen molar-refractivity contribution in [3.63, 3.8) is 0 Å². The molecule has 1 amide bonds. The largest absolute Gasteiger partial charge is 0.394 e. The van der Waals surface area contributed by atoms with Crippen LogP contribution in [0.5, 0.6) is 0 Å². The number of ether oxygens (including phenoxy) is 1. The van der Waals surface area contributed by atoms with Crippen LogP contribution in [0.4, 0.5) is 5.69 Å². The maximum Gasteiger partial charge on any atom is 0.269 e. The first-order valence-electron chi connectivity index (χ1n) is 7.35. The lowest BCUT2D eigenvalue weighted by Gasteiger charge is -2.31. The fraction of sp³-hybridized carbons (Fsp3) is 0.429. The van der Waals surface area contributed by atoms with Gasteiger partial charge < -0.3 is 30.3 Å². The summed E-state index contributed by atoms with van der Waals surface area (Å²) < 4.78 is 5.43. The van der Waals surface area contributed by atoms with E-state index in [0.717, 1.165) is 0 Å². The Morgan fingerprint density at radius 1 is 1.36 bits per heavy atom. The number of nitro groups is 1. The molecule has 2 saturated heterocycles. The number of aliphatic hydroxyl groups excluding tert-OH is 3. The van der Waals surface area contributed by atoms with Gasteiger partial charge in [0, 0.05) is 12.1 Å². The number of thiocarbonyl (C=S) groups is 1. The van der Waals surface area contributed by atoms with Gasteiger partial charge in [0.25, 0.3) is 11.6 Å². The summed E-state index contributed by atoms with van der Waals surface area (Å²) in [4.78, 5) is 23.9. The molecule has 0 radical (unpaired) electrons. The molecule has 11 heteroatoms. The number of hydrogen-bond donors (Lipinski definition) is 4. The van der Waals surface area contributed by atoms with Crippen molar-refractivity contribution >= 4 is 28.9 Å². The normalized spacial score (nSPS) is 32.1. The summed E-state index contributed by atoms with van der Waals surface area (Å²) in [5, 5.41) is 42.7. The third-order valence-electron chi connectivity index (χ3n) is 4.18. The van der Waals surface area contributed by atoms with Crippen LogP contribution < -0.4 is 5.32 Å². The summed E-state index contributed by atoms with van der Waals surface area (Å²) >= 11 is 5.11. The monoisotopic (exact) mass is 369 g/mol. The van der Waals surface area contributed by atoms with Crippen molar-refractivity contribution in [1.29, 1.82) is 0 Å². The number of rotatable bonds is 4. The molecular weight excluding hydrogens is 354 g/mol. The van der Waals surface area contributed by atoms with Gasteiger partial charge >= 0.3 is 0 Å². The molecule has 0 saturated carbocycles. The number of carbonyl (C=O) groups excluding carboxylic acids is 1. The maximum absolute atomic E-state index is 12.3. The van der Waals surface area contributed by atoms with E-state index in [1.807, 2.05) is 0 Å². The Labute approximate surface area is 146 Å². The molecule has 2 heterocycles. The molecule has 1 unspecified atom stereocenters. The molecular formula is C14H15N3O7S. The van der Waals surface area contributed by atoms with E-state index < -0.39 is 48.0 Å². The van der Waals surface area contributed by atoms with Gasteiger partial charge in [0.15, 0.2) is 11.3 Å². The minimum atomic E-state index is -1.43. The van der Waals surface area contributed by atoms with Crippen molar-refractivity contribution < 1.29 is 29.8 Å². The third-order valence-corrected chi connectivity index (χ3v) is 4.49. The van der Waals surface area contributed by atoms with Gasteiger partial charge in [0.1, 0.15) is 24.4 Å². The van der Waals surface area contributed by atoms with Crippen LogP contribution in [-0.4, -0.2) is 67.3 Å². The highest BCUT2D eigenvalue weighted by molar-refractivity contribution is 7.80. The molecule has 2 aliphatic rings. The second kappa shape index (κ2) is 6.61. The molecule has 5 atom stereocenters. The van der Waals surface area contributed by atoms with E-state index in [9.17, 15) is 30.2 Å². The fourth-order valence-corrected chi connectivity index (χ4v) is 3.28. The van der Waals surface area contributed by atoms with E-state index >= 15 is 0 Å². The summed E-state index contributed by atoms with van der Waals surface area (Å²) in [5.74, 6) is -0.539. The van der Waals surface area contributed by atoms with E-state index in [-0.39, 0.29) is 16.4 Å². The van der Waals surface area contributed by atoms with Gasteiger partial charge in [-0.1, -0.05) is 12.1 Å².